The van der Waals surface area contributed by atoms with Gasteiger partial charge in [0.1, 0.15) is 5.69 Å². The Morgan fingerprint density at radius 2 is 2.31 bits per heavy atom. The zero-order chi connectivity index (χ0) is 12.1. The maximum absolute atomic E-state index is 11.6. The molecule has 0 aliphatic heterocycles. The lowest BCUT2D eigenvalue weighted by atomic mass is 10.3. The summed E-state index contributed by atoms with van der Waals surface area (Å²) in [4.78, 5) is 17.1. The zero-order valence-corrected chi connectivity index (χ0v) is 9.77. The van der Waals surface area contributed by atoms with E-state index < -0.39 is 6.10 Å². The predicted molar refractivity (Wildman–Crippen MR) is 62.4 cm³/mol. The van der Waals surface area contributed by atoms with E-state index >= 15 is 0 Å². The van der Waals surface area contributed by atoms with Crippen molar-refractivity contribution in [2.45, 2.75) is 13.0 Å². The summed E-state index contributed by atoms with van der Waals surface area (Å²) in [5.41, 5.74) is 1.17. The number of amides is 1. The third kappa shape index (κ3) is 3.51. The number of aliphatic hydroxyl groups is 1. The highest BCUT2D eigenvalue weighted by atomic mass is 16.3. The number of anilines is 1. The summed E-state index contributed by atoms with van der Waals surface area (Å²) in [7, 11) is 3.36. The van der Waals surface area contributed by atoms with Gasteiger partial charge in [-0.25, -0.2) is 0 Å². The van der Waals surface area contributed by atoms with Gasteiger partial charge in [0, 0.05) is 32.5 Å². The summed E-state index contributed by atoms with van der Waals surface area (Å²) in [6.45, 7) is 2.14. The Morgan fingerprint density at radius 3 is 2.88 bits per heavy atom. The molecule has 5 nitrogen and oxygen atoms in total. The average Bonchev–Trinajstić information content (AvgIpc) is 2.25. The average molecular weight is 223 g/mol. The van der Waals surface area contributed by atoms with Crippen LogP contribution in [0.15, 0.2) is 18.3 Å². The Hall–Kier alpha value is -1.62. The summed E-state index contributed by atoms with van der Waals surface area (Å²) >= 11 is 0. The molecule has 0 saturated carbocycles. The second-order valence-electron chi connectivity index (χ2n) is 3.86. The number of nitrogens with zero attached hydrogens (tertiary/aromatic N) is 2. The number of hydrogen-bond acceptors (Lipinski definition) is 4. The molecular weight excluding hydrogens is 206 g/mol. The van der Waals surface area contributed by atoms with Gasteiger partial charge in [-0.05, 0) is 19.1 Å². The quantitative estimate of drug-likeness (QED) is 0.783. The SMILES string of the molecule is CC(O)CNc1ccnc(C(=O)N(C)C)c1. The molecule has 16 heavy (non-hydrogen) atoms. The van der Waals surface area contributed by atoms with E-state index in [0.717, 1.165) is 5.69 Å². The normalized spacial score (nSPS) is 12.0. The van der Waals surface area contributed by atoms with E-state index in [1.807, 2.05) is 0 Å². The maximum Gasteiger partial charge on any atom is 0.272 e. The number of carbonyl (C=O) groups is 1. The van der Waals surface area contributed by atoms with Gasteiger partial charge in [0.05, 0.1) is 6.10 Å². The molecule has 1 rings (SSSR count). The third-order valence-corrected chi connectivity index (χ3v) is 1.99. The molecule has 0 aromatic carbocycles. The van der Waals surface area contributed by atoms with Gasteiger partial charge in [-0.2, -0.15) is 0 Å². The van der Waals surface area contributed by atoms with E-state index in [9.17, 15) is 4.79 Å². The molecule has 1 aromatic rings. The largest absolute Gasteiger partial charge is 0.392 e. The molecule has 88 valence electrons. The van der Waals surface area contributed by atoms with E-state index in [2.05, 4.69) is 10.3 Å². The minimum atomic E-state index is -0.429. The van der Waals surface area contributed by atoms with E-state index in [-0.39, 0.29) is 5.91 Å². The van der Waals surface area contributed by atoms with Gasteiger partial charge in [-0.3, -0.25) is 9.78 Å². The first-order chi connectivity index (χ1) is 7.50. The summed E-state index contributed by atoms with van der Waals surface area (Å²) in [5.74, 6) is -0.138. The number of hydrogen-bond donors (Lipinski definition) is 2. The standard InChI is InChI=1S/C11H17N3O2/c1-8(15)7-13-9-4-5-12-10(6-9)11(16)14(2)3/h4-6,8,15H,7H2,1-3H3,(H,12,13). The minimum Gasteiger partial charge on any atom is -0.392 e. The smallest absolute Gasteiger partial charge is 0.272 e. The lowest BCUT2D eigenvalue weighted by Gasteiger charge is -2.12. The molecular formula is C11H17N3O2. The van der Waals surface area contributed by atoms with Gasteiger partial charge in [0.2, 0.25) is 0 Å². The summed E-state index contributed by atoms with van der Waals surface area (Å²) in [6.07, 6.45) is 1.14. The molecule has 1 atom stereocenters. The van der Waals surface area contributed by atoms with E-state index in [4.69, 9.17) is 5.11 Å². The van der Waals surface area contributed by atoms with Gasteiger partial charge in [0.25, 0.3) is 5.91 Å². The molecule has 2 N–H and O–H groups in total. The number of nitrogens with one attached hydrogen (secondary N) is 1. The van der Waals surface area contributed by atoms with Gasteiger partial charge in [0.15, 0.2) is 0 Å². The molecule has 0 saturated heterocycles. The molecule has 0 aliphatic carbocycles. The first-order valence-corrected chi connectivity index (χ1v) is 5.10. The molecule has 0 aliphatic rings. The molecule has 5 heteroatoms. The summed E-state index contributed by atoms with van der Waals surface area (Å²) < 4.78 is 0. The number of rotatable bonds is 4. The molecule has 0 bridgehead atoms. The molecule has 1 amide bonds. The van der Waals surface area contributed by atoms with Crippen molar-refractivity contribution in [3.05, 3.63) is 24.0 Å². The summed E-state index contributed by atoms with van der Waals surface area (Å²) in [6, 6.07) is 3.43. The lowest BCUT2D eigenvalue weighted by Crippen LogP contribution is -2.23. The van der Waals surface area contributed by atoms with Crippen LogP contribution in [-0.4, -0.2) is 47.6 Å². The Morgan fingerprint density at radius 1 is 1.62 bits per heavy atom. The fourth-order valence-electron chi connectivity index (χ4n) is 1.15. The van der Waals surface area contributed by atoms with Crippen LogP contribution in [0.3, 0.4) is 0 Å². The second-order valence-corrected chi connectivity index (χ2v) is 3.86. The van der Waals surface area contributed by atoms with Crippen molar-refractivity contribution in [1.82, 2.24) is 9.88 Å². The fourth-order valence-corrected chi connectivity index (χ4v) is 1.15. The Balaban J connectivity index is 2.75. The maximum atomic E-state index is 11.6. The Bertz CT molecular complexity index is 364. The van der Waals surface area contributed by atoms with Crippen molar-refractivity contribution in [1.29, 1.82) is 0 Å². The van der Waals surface area contributed by atoms with Crippen LogP contribution in [0.25, 0.3) is 0 Å². The first-order valence-electron chi connectivity index (χ1n) is 5.10. The van der Waals surface area contributed by atoms with Crippen molar-refractivity contribution in [3.63, 3.8) is 0 Å². The highest BCUT2D eigenvalue weighted by Gasteiger charge is 2.09. The van der Waals surface area contributed by atoms with Crippen LogP contribution in [-0.2, 0) is 0 Å². The molecule has 1 heterocycles. The van der Waals surface area contributed by atoms with Crippen LogP contribution in [0.1, 0.15) is 17.4 Å². The number of carbonyl (C=O) groups excluding carboxylic acids is 1. The molecule has 1 unspecified atom stereocenters. The molecule has 0 radical (unpaired) electrons. The van der Waals surface area contributed by atoms with Crippen LogP contribution >= 0.6 is 0 Å². The Labute approximate surface area is 95.1 Å². The van der Waals surface area contributed by atoms with Gasteiger partial charge < -0.3 is 15.3 Å². The second kappa shape index (κ2) is 5.46. The fraction of sp³-hybridized carbons (Fsp3) is 0.455. The topological polar surface area (TPSA) is 65.5 Å². The number of aromatic nitrogens is 1. The lowest BCUT2D eigenvalue weighted by molar-refractivity contribution is 0.0822. The Kier molecular flexibility index (Phi) is 4.25. The third-order valence-electron chi connectivity index (χ3n) is 1.99. The summed E-state index contributed by atoms with van der Waals surface area (Å²) in [5, 5.41) is 12.1. The molecule has 0 spiro atoms. The van der Waals surface area contributed by atoms with Crippen molar-refractivity contribution >= 4 is 11.6 Å². The van der Waals surface area contributed by atoms with Crippen molar-refractivity contribution < 1.29 is 9.90 Å². The number of aliphatic hydroxyl groups excluding tert-OH is 1. The molecule has 1 aromatic heterocycles. The van der Waals surface area contributed by atoms with E-state index in [1.165, 1.54) is 4.90 Å². The van der Waals surface area contributed by atoms with Crippen molar-refractivity contribution in [3.8, 4) is 0 Å². The minimum absolute atomic E-state index is 0.138. The van der Waals surface area contributed by atoms with Crippen LogP contribution in [0.4, 0.5) is 5.69 Å². The zero-order valence-electron chi connectivity index (χ0n) is 9.77. The van der Waals surface area contributed by atoms with Crippen LogP contribution in [0.2, 0.25) is 0 Å². The monoisotopic (exact) mass is 223 g/mol. The van der Waals surface area contributed by atoms with Gasteiger partial charge >= 0.3 is 0 Å². The highest BCUT2D eigenvalue weighted by Crippen LogP contribution is 2.09. The van der Waals surface area contributed by atoms with Crippen molar-refractivity contribution in [2.75, 3.05) is 26.0 Å². The van der Waals surface area contributed by atoms with Gasteiger partial charge in [-0.1, -0.05) is 0 Å². The predicted octanol–water partition coefficient (Wildman–Crippen LogP) is 0.576. The van der Waals surface area contributed by atoms with Crippen LogP contribution in [0, 0.1) is 0 Å². The number of pyridine rings is 1. The van der Waals surface area contributed by atoms with Crippen LogP contribution < -0.4 is 5.32 Å². The first kappa shape index (κ1) is 12.4. The van der Waals surface area contributed by atoms with Crippen molar-refractivity contribution in [2.24, 2.45) is 0 Å². The highest BCUT2D eigenvalue weighted by molar-refractivity contribution is 5.92. The van der Waals surface area contributed by atoms with Crippen LogP contribution in [0.5, 0.6) is 0 Å². The molecule has 0 fully saturated rings. The van der Waals surface area contributed by atoms with Gasteiger partial charge in [-0.15, -0.1) is 0 Å². The van der Waals surface area contributed by atoms with E-state index in [0.29, 0.717) is 12.2 Å². The van der Waals surface area contributed by atoms with E-state index in [1.54, 1.807) is 39.3 Å².